The number of hydrogen-bond acceptors (Lipinski definition) is 1. The molecule has 67 heavy (non-hydrogen) atoms. The van der Waals surface area contributed by atoms with E-state index in [1.807, 2.05) is 22.3 Å². The van der Waals surface area contributed by atoms with Gasteiger partial charge in [0.05, 0.1) is 0 Å². The summed E-state index contributed by atoms with van der Waals surface area (Å²) in [6.45, 7) is 17.6. The summed E-state index contributed by atoms with van der Waals surface area (Å²) in [5, 5.41) is 0. The maximum atomic E-state index is 6.08. The first-order chi connectivity index (χ1) is 33.0. The predicted octanol–water partition coefficient (Wildman–Crippen LogP) is 21.4. The topological polar surface area (TPSA) is 26.0 Å². The Morgan fingerprint density at radius 1 is 0.433 bits per heavy atom. The van der Waals surface area contributed by atoms with Gasteiger partial charge in [-0.3, -0.25) is 0 Å². The molecule has 1 nitrogen and oxygen atoms in total. The Balaban J connectivity index is 2.28. The molecule has 0 saturated heterocycles. The van der Waals surface area contributed by atoms with Gasteiger partial charge in [-0.2, -0.15) is 0 Å². The minimum absolute atomic E-state index is 0.670. The van der Waals surface area contributed by atoms with Gasteiger partial charge in [0.2, 0.25) is 0 Å². The second-order valence-electron chi connectivity index (χ2n) is 22.9. The maximum Gasteiger partial charge on any atom is -0.00145 e. The first-order valence-electron chi connectivity index (χ1n) is 31.3. The molecule has 2 aliphatic rings. The largest absolute Gasteiger partial charge is 0.330 e. The molecular formula is C66H119N. The molecule has 6 unspecified atom stereocenters. The van der Waals surface area contributed by atoms with Gasteiger partial charge in [-0.05, 0) is 154 Å². The Morgan fingerprint density at radius 2 is 0.881 bits per heavy atom. The summed E-state index contributed by atoms with van der Waals surface area (Å²) >= 11 is 0. The van der Waals surface area contributed by atoms with Gasteiger partial charge in [0.25, 0.3) is 0 Å². The zero-order valence-corrected chi connectivity index (χ0v) is 46.8. The van der Waals surface area contributed by atoms with Crippen LogP contribution in [0.15, 0.2) is 35.4 Å². The lowest BCUT2D eigenvalue weighted by atomic mass is 9.58. The van der Waals surface area contributed by atoms with Crippen LogP contribution in [0.25, 0.3) is 0 Å². The van der Waals surface area contributed by atoms with E-state index in [9.17, 15) is 0 Å². The molecule has 0 aliphatic heterocycles. The van der Waals surface area contributed by atoms with Crippen LogP contribution in [0.5, 0.6) is 0 Å². The van der Waals surface area contributed by atoms with Crippen molar-refractivity contribution >= 4 is 0 Å². The highest BCUT2D eigenvalue weighted by Crippen LogP contribution is 2.53. The van der Waals surface area contributed by atoms with Crippen LogP contribution in [-0.2, 0) is 25.7 Å². The highest BCUT2D eigenvalue weighted by Gasteiger charge is 2.42. The number of unbranched alkanes of at least 4 members (excludes halogenated alkanes) is 24. The number of allylic oxidation sites excluding steroid dienone is 4. The molecule has 0 radical (unpaired) electrons. The van der Waals surface area contributed by atoms with Crippen LogP contribution in [0.1, 0.15) is 315 Å². The second kappa shape index (κ2) is 39.3. The molecule has 388 valence electrons. The van der Waals surface area contributed by atoms with Crippen LogP contribution in [0.2, 0.25) is 0 Å². The number of nitrogens with two attached hydrogens (primary N) is 1. The van der Waals surface area contributed by atoms with Gasteiger partial charge in [0.15, 0.2) is 0 Å². The Bertz CT molecular complexity index is 1380. The molecule has 2 N–H and O–H groups in total. The van der Waals surface area contributed by atoms with Crippen molar-refractivity contribution in [1.82, 2.24) is 0 Å². The van der Waals surface area contributed by atoms with Crippen molar-refractivity contribution in [3.05, 3.63) is 57.7 Å². The molecular weight excluding hydrogens is 807 g/mol. The van der Waals surface area contributed by atoms with E-state index < -0.39 is 0 Å². The molecule has 0 fully saturated rings. The third-order valence-electron chi connectivity index (χ3n) is 17.2. The summed E-state index contributed by atoms with van der Waals surface area (Å²) in [4.78, 5) is 0. The summed E-state index contributed by atoms with van der Waals surface area (Å²) in [7, 11) is 0. The Morgan fingerprint density at radius 3 is 1.48 bits per heavy atom. The van der Waals surface area contributed by atoms with Gasteiger partial charge < -0.3 is 5.73 Å². The zero-order chi connectivity index (χ0) is 48.2. The normalized spacial score (nSPS) is 20.0. The molecule has 0 saturated carbocycles. The number of rotatable bonds is 44. The van der Waals surface area contributed by atoms with Gasteiger partial charge >= 0.3 is 0 Å². The smallest absolute Gasteiger partial charge is 0.00145 e. The van der Waals surface area contributed by atoms with Crippen molar-refractivity contribution in [3.63, 3.8) is 0 Å². The summed E-state index contributed by atoms with van der Waals surface area (Å²) < 4.78 is 0. The van der Waals surface area contributed by atoms with E-state index in [-0.39, 0.29) is 0 Å². The number of aryl methyl sites for hydroxylation is 2. The lowest BCUT2D eigenvalue weighted by Gasteiger charge is -2.46. The molecule has 6 atom stereocenters. The van der Waals surface area contributed by atoms with Crippen molar-refractivity contribution in [2.45, 2.75) is 318 Å². The molecule has 0 heterocycles. The Kier molecular flexibility index (Phi) is 35.2. The van der Waals surface area contributed by atoms with Crippen molar-refractivity contribution in [3.8, 4) is 0 Å². The minimum atomic E-state index is 0.670. The van der Waals surface area contributed by atoms with Gasteiger partial charge in [-0.25, -0.2) is 0 Å². The third kappa shape index (κ3) is 23.2. The fourth-order valence-corrected chi connectivity index (χ4v) is 13.1. The average molecular weight is 927 g/mol. The van der Waals surface area contributed by atoms with E-state index in [1.165, 1.54) is 270 Å². The third-order valence-corrected chi connectivity index (χ3v) is 17.2. The zero-order valence-electron chi connectivity index (χ0n) is 46.8. The van der Waals surface area contributed by atoms with Gasteiger partial charge in [0, 0.05) is 0 Å². The van der Waals surface area contributed by atoms with Gasteiger partial charge in [-0.15, -0.1) is 0 Å². The van der Waals surface area contributed by atoms with E-state index in [2.05, 4.69) is 72.8 Å². The summed E-state index contributed by atoms with van der Waals surface area (Å²) in [6.07, 6.45) is 63.8. The summed E-state index contributed by atoms with van der Waals surface area (Å²) in [5.41, 5.74) is 17.2. The first kappa shape index (κ1) is 60.0. The Hall–Kier alpha value is -1.34. The summed E-state index contributed by atoms with van der Waals surface area (Å²) in [6, 6.07) is 5.36. The molecule has 3 rings (SSSR count). The van der Waals surface area contributed by atoms with E-state index in [1.54, 1.807) is 11.1 Å². The van der Waals surface area contributed by atoms with E-state index in [0.717, 1.165) is 30.2 Å². The molecule has 1 aromatic rings. The number of benzene rings is 1. The number of fused-ring (bicyclic) bond motifs is 1. The molecule has 0 bridgehead atoms. The van der Waals surface area contributed by atoms with Gasteiger partial charge in [0.1, 0.15) is 0 Å². The lowest BCUT2D eigenvalue weighted by Crippen LogP contribution is -2.36. The predicted molar refractivity (Wildman–Crippen MR) is 303 cm³/mol. The minimum Gasteiger partial charge on any atom is -0.330 e. The highest BCUT2D eigenvalue weighted by atomic mass is 14.5. The molecule has 0 amide bonds. The van der Waals surface area contributed by atoms with Crippen molar-refractivity contribution in [1.29, 1.82) is 0 Å². The fraction of sp³-hybridized carbons (Fsp3) is 0.848. The van der Waals surface area contributed by atoms with Crippen LogP contribution in [0.4, 0.5) is 0 Å². The average Bonchev–Trinajstić information content (AvgIpc) is 3.33. The first-order valence-corrected chi connectivity index (χ1v) is 31.3. The standard InChI is InChI=1S/C66H119N/c1-8-15-22-27-35-40-55-48-49-56(41-33-24-17-10-3)64(61(55)45-37-28-23-16-9-2)53-59(44-34-25-18-11-4)65-54-60-51-57(42-31-20-13-6)58(43-32-21-14-7)52-66(60)63(47-38-29-30-39-50-67)62(65)46-36-26-19-12-5/h48-49,52,54,57-60,62-63H,8-47,50-51,53,67H2,1-7H3. The van der Waals surface area contributed by atoms with Crippen LogP contribution in [0.3, 0.4) is 0 Å². The molecule has 1 aromatic carbocycles. The quantitative estimate of drug-likeness (QED) is 0.0512. The molecule has 0 aromatic heterocycles. The summed E-state index contributed by atoms with van der Waals surface area (Å²) in [5.74, 6) is 4.49. The van der Waals surface area contributed by atoms with E-state index >= 15 is 0 Å². The van der Waals surface area contributed by atoms with Crippen molar-refractivity contribution in [2.75, 3.05) is 6.54 Å². The van der Waals surface area contributed by atoms with Crippen LogP contribution >= 0.6 is 0 Å². The van der Waals surface area contributed by atoms with Crippen molar-refractivity contribution < 1.29 is 0 Å². The lowest BCUT2D eigenvalue weighted by molar-refractivity contribution is 0.226. The van der Waals surface area contributed by atoms with E-state index in [4.69, 9.17) is 5.73 Å². The highest BCUT2D eigenvalue weighted by molar-refractivity contribution is 5.44. The maximum absolute atomic E-state index is 6.08. The van der Waals surface area contributed by atoms with Gasteiger partial charge in [-0.1, -0.05) is 264 Å². The molecule has 1 heteroatoms. The monoisotopic (exact) mass is 926 g/mol. The van der Waals surface area contributed by atoms with E-state index in [0.29, 0.717) is 11.8 Å². The van der Waals surface area contributed by atoms with Crippen LogP contribution in [-0.4, -0.2) is 6.54 Å². The fourth-order valence-electron chi connectivity index (χ4n) is 13.1. The second-order valence-corrected chi connectivity index (χ2v) is 22.9. The van der Waals surface area contributed by atoms with Crippen LogP contribution in [0, 0.1) is 35.5 Å². The Labute approximate surface area is 421 Å². The van der Waals surface area contributed by atoms with Crippen molar-refractivity contribution in [2.24, 2.45) is 41.2 Å². The molecule has 0 spiro atoms. The van der Waals surface area contributed by atoms with Crippen LogP contribution < -0.4 is 5.73 Å². The number of hydrogen-bond donors (Lipinski definition) is 1. The SMILES string of the molecule is CCCCCCCc1ccc(CCCCCC)c(CC(CCCCCC)C2=CC3CC(CCCCC)C(CCCCC)C=C3C(CCCCCCN)C2CCCCCC)c1CCCCCCC. The molecule has 2 aliphatic carbocycles.